The summed E-state index contributed by atoms with van der Waals surface area (Å²) in [6.45, 7) is 11.3. The van der Waals surface area contributed by atoms with Crippen molar-refractivity contribution in [2.24, 2.45) is 0 Å². The van der Waals surface area contributed by atoms with E-state index in [2.05, 4.69) is 56.1 Å². The van der Waals surface area contributed by atoms with Gasteiger partial charge in [0.15, 0.2) is 0 Å². The Morgan fingerprint density at radius 3 is 2.11 bits per heavy atom. The summed E-state index contributed by atoms with van der Waals surface area (Å²) in [5.74, 6) is 0.0364. The predicted octanol–water partition coefficient (Wildman–Crippen LogP) is 5.91. The van der Waals surface area contributed by atoms with E-state index >= 15 is 0 Å². The van der Waals surface area contributed by atoms with Gasteiger partial charge in [0, 0.05) is 49.2 Å². The summed E-state index contributed by atoms with van der Waals surface area (Å²) >= 11 is 0. The summed E-state index contributed by atoms with van der Waals surface area (Å²) < 4.78 is 0. The van der Waals surface area contributed by atoms with E-state index < -0.39 is 4.92 Å². The molecule has 0 spiro atoms. The molecule has 4 rings (SSSR count). The molecule has 0 unspecified atom stereocenters. The molecule has 0 aliphatic carbocycles. The van der Waals surface area contributed by atoms with Gasteiger partial charge in [-0.2, -0.15) is 0 Å². The van der Waals surface area contributed by atoms with Crippen molar-refractivity contribution in [1.82, 2.24) is 0 Å². The molecule has 1 aliphatic heterocycles. The van der Waals surface area contributed by atoms with E-state index in [1.165, 1.54) is 28.4 Å². The zero-order valence-electron chi connectivity index (χ0n) is 20.7. The van der Waals surface area contributed by atoms with Crippen molar-refractivity contribution in [3.8, 4) is 0 Å². The molecule has 1 heterocycles. The molecule has 7 nitrogen and oxygen atoms in total. The van der Waals surface area contributed by atoms with Crippen molar-refractivity contribution in [3.63, 3.8) is 0 Å². The van der Waals surface area contributed by atoms with Gasteiger partial charge in [-0.25, -0.2) is 0 Å². The standard InChI is InChI=1S/C28H32N4O3/c1-19(2)22-7-10-24(11-8-22)29-28(33)23-9-12-25(27(18-23)32(34)35)30-13-15-31(16-14-30)26-17-20(3)5-6-21(26)4/h5-12,17-19H,13-16H2,1-4H3,(H,29,33). The highest BCUT2D eigenvalue weighted by Gasteiger charge is 2.26. The van der Waals surface area contributed by atoms with E-state index in [4.69, 9.17) is 0 Å². The molecule has 1 saturated heterocycles. The summed E-state index contributed by atoms with van der Waals surface area (Å²) in [5.41, 5.74) is 6.27. The van der Waals surface area contributed by atoms with Crippen LogP contribution in [0.5, 0.6) is 0 Å². The van der Waals surface area contributed by atoms with Gasteiger partial charge < -0.3 is 15.1 Å². The number of carbonyl (C=O) groups is 1. The lowest BCUT2D eigenvalue weighted by molar-refractivity contribution is -0.384. The van der Waals surface area contributed by atoms with Crippen molar-refractivity contribution in [2.75, 3.05) is 41.3 Å². The van der Waals surface area contributed by atoms with Gasteiger partial charge in [0.2, 0.25) is 0 Å². The fraction of sp³-hybridized carbons (Fsp3) is 0.321. The van der Waals surface area contributed by atoms with Gasteiger partial charge in [-0.3, -0.25) is 14.9 Å². The Kier molecular flexibility index (Phi) is 7.05. The highest BCUT2D eigenvalue weighted by molar-refractivity contribution is 6.05. The third-order valence-electron chi connectivity index (χ3n) is 6.60. The molecule has 0 saturated carbocycles. The number of nitro groups is 1. The number of carbonyl (C=O) groups excluding carboxylic acids is 1. The monoisotopic (exact) mass is 472 g/mol. The van der Waals surface area contributed by atoms with Crippen LogP contribution in [0.1, 0.15) is 46.8 Å². The minimum absolute atomic E-state index is 0.0482. The molecular formula is C28H32N4O3. The van der Waals surface area contributed by atoms with E-state index in [-0.39, 0.29) is 17.2 Å². The fourth-order valence-electron chi connectivity index (χ4n) is 4.48. The normalized spacial score (nSPS) is 13.7. The van der Waals surface area contributed by atoms with Gasteiger partial charge >= 0.3 is 0 Å². The number of anilines is 3. The quantitative estimate of drug-likeness (QED) is 0.356. The van der Waals surface area contributed by atoms with E-state index in [0.717, 1.165) is 13.1 Å². The second-order valence-corrected chi connectivity index (χ2v) is 9.46. The van der Waals surface area contributed by atoms with Crippen molar-refractivity contribution in [2.45, 2.75) is 33.6 Å². The zero-order valence-corrected chi connectivity index (χ0v) is 20.7. The van der Waals surface area contributed by atoms with Crippen molar-refractivity contribution in [1.29, 1.82) is 0 Å². The molecule has 0 radical (unpaired) electrons. The summed E-state index contributed by atoms with van der Waals surface area (Å²) in [5, 5.41) is 14.7. The first-order chi connectivity index (χ1) is 16.7. The van der Waals surface area contributed by atoms with Crippen LogP contribution in [0.2, 0.25) is 0 Å². The second-order valence-electron chi connectivity index (χ2n) is 9.46. The smallest absolute Gasteiger partial charge is 0.293 e. The van der Waals surface area contributed by atoms with Crippen LogP contribution in [0.25, 0.3) is 0 Å². The first-order valence-corrected chi connectivity index (χ1v) is 12.0. The van der Waals surface area contributed by atoms with E-state index in [1.807, 2.05) is 29.2 Å². The second kappa shape index (κ2) is 10.2. The average Bonchev–Trinajstić information content (AvgIpc) is 2.85. The Bertz CT molecular complexity index is 1230. The van der Waals surface area contributed by atoms with Crippen LogP contribution < -0.4 is 15.1 Å². The zero-order chi connectivity index (χ0) is 25.1. The van der Waals surface area contributed by atoms with Crippen LogP contribution >= 0.6 is 0 Å². The Balaban J connectivity index is 1.48. The third kappa shape index (κ3) is 5.45. The molecular weight excluding hydrogens is 440 g/mol. The molecule has 1 N–H and O–H groups in total. The number of piperazine rings is 1. The highest BCUT2D eigenvalue weighted by atomic mass is 16.6. The van der Waals surface area contributed by atoms with Crippen molar-refractivity contribution in [3.05, 3.63) is 93.0 Å². The van der Waals surface area contributed by atoms with Crippen LogP contribution in [-0.2, 0) is 0 Å². The predicted molar refractivity (Wildman–Crippen MR) is 142 cm³/mol. The minimum Gasteiger partial charge on any atom is -0.368 e. The highest BCUT2D eigenvalue weighted by Crippen LogP contribution is 2.32. The summed E-state index contributed by atoms with van der Waals surface area (Å²) in [6.07, 6.45) is 0. The van der Waals surface area contributed by atoms with Crippen LogP contribution in [0.3, 0.4) is 0 Å². The molecule has 0 atom stereocenters. The molecule has 7 heteroatoms. The SMILES string of the molecule is Cc1ccc(C)c(N2CCN(c3ccc(C(=O)Nc4ccc(C(C)C)cc4)cc3[N+](=O)[O-])CC2)c1. The number of rotatable bonds is 6. The lowest BCUT2D eigenvalue weighted by atomic mass is 10.0. The van der Waals surface area contributed by atoms with E-state index in [0.29, 0.717) is 30.4 Å². The number of hydrogen-bond acceptors (Lipinski definition) is 5. The van der Waals surface area contributed by atoms with Crippen LogP contribution in [0.4, 0.5) is 22.7 Å². The molecule has 35 heavy (non-hydrogen) atoms. The number of nitrogens with one attached hydrogen (secondary N) is 1. The molecule has 0 aromatic heterocycles. The Morgan fingerprint density at radius 1 is 0.886 bits per heavy atom. The van der Waals surface area contributed by atoms with Gasteiger partial charge in [-0.05, 0) is 66.8 Å². The topological polar surface area (TPSA) is 78.7 Å². The Hall–Kier alpha value is -3.87. The Morgan fingerprint density at radius 2 is 1.51 bits per heavy atom. The fourth-order valence-corrected chi connectivity index (χ4v) is 4.48. The average molecular weight is 473 g/mol. The first-order valence-electron chi connectivity index (χ1n) is 12.0. The van der Waals surface area contributed by atoms with Gasteiger partial charge in [0.1, 0.15) is 5.69 Å². The molecule has 3 aromatic carbocycles. The van der Waals surface area contributed by atoms with Crippen molar-refractivity contribution < 1.29 is 9.72 Å². The van der Waals surface area contributed by atoms with Gasteiger partial charge in [0.05, 0.1) is 4.92 Å². The lowest BCUT2D eigenvalue weighted by Gasteiger charge is -2.37. The number of hydrogen-bond donors (Lipinski definition) is 1. The van der Waals surface area contributed by atoms with Crippen LogP contribution in [0.15, 0.2) is 60.7 Å². The maximum Gasteiger partial charge on any atom is 0.293 e. The largest absolute Gasteiger partial charge is 0.368 e. The molecule has 3 aromatic rings. The molecule has 182 valence electrons. The molecule has 1 aliphatic rings. The minimum atomic E-state index is -0.402. The molecule has 0 bridgehead atoms. The van der Waals surface area contributed by atoms with Crippen molar-refractivity contribution >= 4 is 28.7 Å². The van der Waals surface area contributed by atoms with Gasteiger partial charge in [-0.15, -0.1) is 0 Å². The third-order valence-corrected chi connectivity index (χ3v) is 6.60. The maximum absolute atomic E-state index is 12.8. The molecule has 1 fully saturated rings. The van der Waals surface area contributed by atoms with E-state index in [1.54, 1.807) is 12.1 Å². The van der Waals surface area contributed by atoms with E-state index in [9.17, 15) is 14.9 Å². The molecule has 1 amide bonds. The summed E-state index contributed by atoms with van der Waals surface area (Å²) in [7, 11) is 0. The maximum atomic E-state index is 12.8. The van der Waals surface area contributed by atoms with Crippen LogP contribution in [-0.4, -0.2) is 37.0 Å². The number of benzene rings is 3. The summed E-state index contributed by atoms with van der Waals surface area (Å²) in [6, 6.07) is 18.8. The summed E-state index contributed by atoms with van der Waals surface area (Å²) in [4.78, 5) is 28.7. The lowest BCUT2D eigenvalue weighted by Crippen LogP contribution is -2.47. The number of nitro benzene ring substituents is 1. The number of aryl methyl sites for hydroxylation is 2. The van der Waals surface area contributed by atoms with Gasteiger partial charge in [0.25, 0.3) is 11.6 Å². The van der Waals surface area contributed by atoms with Crippen LogP contribution in [0, 0.1) is 24.0 Å². The number of nitrogens with zero attached hydrogens (tertiary/aromatic N) is 3. The Labute approximate surface area is 206 Å². The van der Waals surface area contributed by atoms with Gasteiger partial charge in [-0.1, -0.05) is 38.1 Å². The first kappa shape index (κ1) is 24.3. The number of amides is 1.